The Kier molecular flexibility index (Phi) is 36.4. The Morgan fingerprint density at radius 2 is 0.487 bits per heavy atom. The molecule has 0 heterocycles. The second-order valence-electron chi connectivity index (χ2n) is 7.68. The molecule has 0 spiro atoms. The van der Waals surface area contributed by atoms with Gasteiger partial charge in [-0.3, -0.25) is 0 Å². The number of methoxy groups -OCH3 is 1. The third kappa shape index (κ3) is 37.2. The first kappa shape index (κ1) is 38.2. The predicted octanol–water partition coefficient (Wildman–Crippen LogP) is 0.404. The molecule has 0 amide bonds. The summed E-state index contributed by atoms with van der Waals surface area (Å²) in [6.45, 7) is 11.9. The highest BCUT2D eigenvalue weighted by Gasteiger charge is 1.96. The lowest BCUT2D eigenvalue weighted by molar-refractivity contribution is -0.108. The van der Waals surface area contributed by atoms with E-state index in [0.29, 0.717) is 158 Å². The number of hydrogen-bond acceptors (Lipinski definition) is 13. The monoisotopic (exact) mass is 572 g/mol. The Bertz CT molecular complexity index is 446. The SMILES string of the molecule is COCCOCCOCCOCCOCCOCCOCCOCCOCCOCCOCCOCCC=O. The van der Waals surface area contributed by atoms with Crippen molar-refractivity contribution >= 4 is 6.29 Å². The molecular formula is C26H52O13. The van der Waals surface area contributed by atoms with Crippen LogP contribution in [0.15, 0.2) is 0 Å². The number of rotatable bonds is 36. The van der Waals surface area contributed by atoms with Gasteiger partial charge in [-0.1, -0.05) is 0 Å². The minimum Gasteiger partial charge on any atom is -0.382 e. The van der Waals surface area contributed by atoms with Gasteiger partial charge in [0.2, 0.25) is 0 Å². The van der Waals surface area contributed by atoms with Crippen LogP contribution >= 0.6 is 0 Å². The van der Waals surface area contributed by atoms with Crippen LogP contribution in [0, 0.1) is 0 Å². The Balaban J connectivity index is 3.02. The molecule has 0 radical (unpaired) electrons. The first-order chi connectivity index (χ1) is 19.4. The van der Waals surface area contributed by atoms with E-state index in [2.05, 4.69) is 0 Å². The van der Waals surface area contributed by atoms with E-state index in [1.807, 2.05) is 0 Å². The summed E-state index contributed by atoms with van der Waals surface area (Å²) >= 11 is 0. The number of carbonyl (C=O) groups excluding carboxylic acids is 1. The van der Waals surface area contributed by atoms with Crippen molar-refractivity contribution in [3.8, 4) is 0 Å². The summed E-state index contributed by atoms with van der Waals surface area (Å²) in [6, 6.07) is 0. The summed E-state index contributed by atoms with van der Waals surface area (Å²) in [6.07, 6.45) is 1.25. The van der Waals surface area contributed by atoms with Crippen molar-refractivity contribution < 1.29 is 61.6 Å². The van der Waals surface area contributed by atoms with Gasteiger partial charge in [0.05, 0.1) is 152 Å². The summed E-state index contributed by atoms with van der Waals surface area (Å²) in [7, 11) is 1.64. The van der Waals surface area contributed by atoms with Crippen LogP contribution in [0.2, 0.25) is 0 Å². The predicted molar refractivity (Wildman–Crippen MR) is 142 cm³/mol. The topological polar surface area (TPSA) is 128 Å². The van der Waals surface area contributed by atoms with Crippen LogP contribution in [0.4, 0.5) is 0 Å². The van der Waals surface area contributed by atoms with Gasteiger partial charge in [-0.2, -0.15) is 0 Å². The van der Waals surface area contributed by atoms with Crippen molar-refractivity contribution in [3.05, 3.63) is 0 Å². The largest absolute Gasteiger partial charge is 0.382 e. The van der Waals surface area contributed by atoms with Gasteiger partial charge in [0.25, 0.3) is 0 Å². The van der Waals surface area contributed by atoms with Gasteiger partial charge < -0.3 is 61.6 Å². The van der Waals surface area contributed by atoms with Crippen LogP contribution in [-0.2, 0) is 61.6 Å². The van der Waals surface area contributed by atoms with Crippen LogP contribution < -0.4 is 0 Å². The maximum absolute atomic E-state index is 10.1. The molecule has 0 rings (SSSR count). The zero-order valence-electron chi connectivity index (χ0n) is 23.9. The van der Waals surface area contributed by atoms with E-state index in [-0.39, 0.29) is 0 Å². The fourth-order valence-corrected chi connectivity index (χ4v) is 2.57. The maximum Gasteiger partial charge on any atom is 0.122 e. The van der Waals surface area contributed by atoms with Gasteiger partial charge in [-0.25, -0.2) is 0 Å². The second kappa shape index (κ2) is 37.2. The minimum atomic E-state index is 0.416. The molecule has 39 heavy (non-hydrogen) atoms. The lowest BCUT2D eigenvalue weighted by Crippen LogP contribution is -2.15. The van der Waals surface area contributed by atoms with Gasteiger partial charge in [0, 0.05) is 13.5 Å². The summed E-state index contributed by atoms with van der Waals surface area (Å²) in [5.74, 6) is 0. The Morgan fingerprint density at radius 1 is 0.308 bits per heavy atom. The smallest absolute Gasteiger partial charge is 0.122 e. The van der Waals surface area contributed by atoms with E-state index in [1.54, 1.807) is 7.11 Å². The first-order valence-electron chi connectivity index (χ1n) is 13.7. The van der Waals surface area contributed by atoms with Crippen molar-refractivity contribution in [2.24, 2.45) is 0 Å². The molecule has 0 aromatic heterocycles. The van der Waals surface area contributed by atoms with E-state index < -0.39 is 0 Å². The lowest BCUT2D eigenvalue weighted by Gasteiger charge is -2.09. The van der Waals surface area contributed by atoms with Crippen molar-refractivity contribution in [3.63, 3.8) is 0 Å². The summed E-state index contributed by atoms with van der Waals surface area (Å²) in [5.41, 5.74) is 0. The molecular weight excluding hydrogens is 520 g/mol. The van der Waals surface area contributed by atoms with Crippen LogP contribution in [0.1, 0.15) is 6.42 Å². The average molecular weight is 573 g/mol. The van der Waals surface area contributed by atoms with Crippen LogP contribution in [-0.4, -0.2) is 165 Å². The third-order valence-electron chi connectivity index (χ3n) is 4.53. The van der Waals surface area contributed by atoms with Crippen molar-refractivity contribution in [2.45, 2.75) is 6.42 Å². The second-order valence-corrected chi connectivity index (χ2v) is 7.68. The quantitative estimate of drug-likeness (QED) is 0.0760. The van der Waals surface area contributed by atoms with Crippen molar-refractivity contribution in [2.75, 3.05) is 159 Å². The number of hydrogen-bond donors (Lipinski definition) is 0. The maximum atomic E-state index is 10.1. The summed E-state index contributed by atoms with van der Waals surface area (Å²) < 4.78 is 64.1. The van der Waals surface area contributed by atoms with Gasteiger partial charge >= 0.3 is 0 Å². The first-order valence-corrected chi connectivity index (χ1v) is 13.7. The summed E-state index contributed by atoms with van der Waals surface area (Å²) in [4.78, 5) is 10.1. The molecule has 0 aromatic rings. The molecule has 0 saturated carbocycles. The molecule has 234 valence electrons. The highest BCUT2D eigenvalue weighted by molar-refractivity contribution is 5.49. The van der Waals surface area contributed by atoms with E-state index in [1.165, 1.54) is 0 Å². The van der Waals surface area contributed by atoms with Crippen molar-refractivity contribution in [1.29, 1.82) is 0 Å². The lowest BCUT2D eigenvalue weighted by atomic mass is 10.5. The summed E-state index contributed by atoms with van der Waals surface area (Å²) in [5, 5.41) is 0. The van der Waals surface area contributed by atoms with Gasteiger partial charge in [0.1, 0.15) is 6.29 Å². The minimum absolute atomic E-state index is 0.416. The molecule has 13 heteroatoms. The molecule has 0 aliphatic rings. The molecule has 0 atom stereocenters. The fraction of sp³-hybridized carbons (Fsp3) is 0.962. The highest BCUT2D eigenvalue weighted by atomic mass is 16.6. The molecule has 0 aromatic carbocycles. The molecule has 13 nitrogen and oxygen atoms in total. The molecule has 0 N–H and O–H groups in total. The van der Waals surface area contributed by atoms with Crippen LogP contribution in [0.5, 0.6) is 0 Å². The molecule has 0 aliphatic carbocycles. The van der Waals surface area contributed by atoms with Gasteiger partial charge in [-0.15, -0.1) is 0 Å². The van der Waals surface area contributed by atoms with Crippen LogP contribution in [0.3, 0.4) is 0 Å². The number of ether oxygens (including phenoxy) is 12. The molecule has 0 fully saturated rings. The highest BCUT2D eigenvalue weighted by Crippen LogP contribution is 1.87. The van der Waals surface area contributed by atoms with Gasteiger partial charge in [0.15, 0.2) is 0 Å². The van der Waals surface area contributed by atoms with Crippen LogP contribution in [0.25, 0.3) is 0 Å². The van der Waals surface area contributed by atoms with Crippen molar-refractivity contribution in [1.82, 2.24) is 0 Å². The zero-order chi connectivity index (χ0) is 28.2. The fourth-order valence-electron chi connectivity index (χ4n) is 2.57. The Labute approximate surface area is 233 Å². The van der Waals surface area contributed by atoms with E-state index in [0.717, 1.165) is 6.29 Å². The average Bonchev–Trinajstić information content (AvgIpc) is 2.95. The zero-order valence-corrected chi connectivity index (χ0v) is 23.9. The Morgan fingerprint density at radius 3 is 0.667 bits per heavy atom. The number of carbonyl (C=O) groups is 1. The Hall–Kier alpha value is -0.810. The van der Waals surface area contributed by atoms with Gasteiger partial charge in [-0.05, 0) is 0 Å². The standard InChI is InChI=1S/C26H52O13/c1-28-5-6-30-9-10-32-13-14-34-17-18-36-21-22-38-25-26-39-24-23-37-20-19-35-16-15-33-12-11-31-8-7-29-4-2-3-27/h3H,2,4-26H2,1H3. The van der Waals surface area contributed by atoms with E-state index >= 15 is 0 Å². The van der Waals surface area contributed by atoms with E-state index in [9.17, 15) is 4.79 Å². The van der Waals surface area contributed by atoms with E-state index in [4.69, 9.17) is 56.8 Å². The molecule has 0 unspecified atom stereocenters. The molecule has 0 saturated heterocycles. The molecule has 0 bridgehead atoms. The number of aldehydes is 1. The normalized spacial score (nSPS) is 11.4. The third-order valence-corrected chi connectivity index (χ3v) is 4.53. The molecule has 0 aliphatic heterocycles.